The third-order valence-corrected chi connectivity index (χ3v) is 1.75. The van der Waals surface area contributed by atoms with E-state index >= 15 is 0 Å². The molecule has 1 aromatic rings. The molecule has 0 radical (unpaired) electrons. The van der Waals surface area contributed by atoms with Gasteiger partial charge in [0.25, 0.3) is 5.69 Å². The van der Waals surface area contributed by atoms with Gasteiger partial charge < -0.3 is 5.73 Å². The predicted octanol–water partition coefficient (Wildman–Crippen LogP) is 0.797. The average molecular weight is 207 g/mol. The van der Waals surface area contributed by atoms with Crippen LogP contribution < -0.4 is 5.73 Å². The number of hydrogen-bond donors (Lipinski definition) is 1. The van der Waals surface area contributed by atoms with Gasteiger partial charge in [0, 0.05) is 23.4 Å². The van der Waals surface area contributed by atoms with Crippen molar-refractivity contribution >= 4 is 17.7 Å². The van der Waals surface area contributed by atoms with E-state index in [-0.39, 0.29) is 5.69 Å². The molecule has 6 heteroatoms. The zero-order chi connectivity index (χ0) is 11.4. The molecule has 0 bridgehead atoms. The Hall–Kier alpha value is -2.24. The number of amides is 1. The number of nitro groups is 1. The van der Waals surface area contributed by atoms with Gasteiger partial charge in [0.05, 0.1) is 4.92 Å². The first-order chi connectivity index (χ1) is 7.00. The molecule has 1 rings (SSSR count). The third-order valence-electron chi connectivity index (χ3n) is 1.75. The SMILES string of the molecule is Cc1ncc([N+](=O)[O-])cc1C=CC(N)=O. The molecular formula is C9H9N3O3. The minimum absolute atomic E-state index is 0.121. The number of nitrogens with zero attached hydrogens (tertiary/aromatic N) is 2. The first kappa shape index (κ1) is 10.8. The highest BCUT2D eigenvalue weighted by Gasteiger charge is 2.07. The van der Waals surface area contributed by atoms with Gasteiger partial charge in [0.2, 0.25) is 5.91 Å². The van der Waals surface area contributed by atoms with E-state index < -0.39 is 10.8 Å². The quantitative estimate of drug-likeness (QED) is 0.450. The Morgan fingerprint density at radius 2 is 2.33 bits per heavy atom. The Kier molecular flexibility index (Phi) is 3.12. The molecule has 0 atom stereocenters. The largest absolute Gasteiger partial charge is 0.366 e. The Balaban J connectivity index is 3.11. The molecular weight excluding hydrogens is 198 g/mol. The number of rotatable bonds is 3. The molecule has 78 valence electrons. The lowest BCUT2D eigenvalue weighted by molar-refractivity contribution is -0.385. The normalized spacial score (nSPS) is 10.5. The summed E-state index contributed by atoms with van der Waals surface area (Å²) in [7, 11) is 0. The summed E-state index contributed by atoms with van der Waals surface area (Å²) in [5, 5.41) is 10.5. The molecule has 0 unspecified atom stereocenters. The molecule has 0 aromatic carbocycles. The first-order valence-electron chi connectivity index (χ1n) is 4.09. The fraction of sp³-hybridized carbons (Fsp3) is 0.111. The number of carbonyl (C=O) groups excluding carboxylic acids is 1. The van der Waals surface area contributed by atoms with Crippen LogP contribution in [-0.2, 0) is 4.79 Å². The third kappa shape index (κ3) is 2.87. The van der Waals surface area contributed by atoms with Crippen molar-refractivity contribution < 1.29 is 9.72 Å². The molecule has 1 heterocycles. The van der Waals surface area contributed by atoms with Crippen molar-refractivity contribution in [3.8, 4) is 0 Å². The first-order valence-corrected chi connectivity index (χ1v) is 4.09. The maximum absolute atomic E-state index is 10.5. The molecule has 0 spiro atoms. The van der Waals surface area contributed by atoms with Crippen molar-refractivity contribution in [1.82, 2.24) is 4.98 Å². The smallest absolute Gasteiger partial charge is 0.288 e. The van der Waals surface area contributed by atoms with E-state index in [0.29, 0.717) is 11.3 Å². The van der Waals surface area contributed by atoms with Crippen molar-refractivity contribution in [2.24, 2.45) is 5.73 Å². The highest BCUT2D eigenvalue weighted by molar-refractivity contribution is 5.90. The lowest BCUT2D eigenvalue weighted by Gasteiger charge is -1.98. The van der Waals surface area contributed by atoms with Gasteiger partial charge in [-0.1, -0.05) is 0 Å². The average Bonchev–Trinajstić information content (AvgIpc) is 2.16. The van der Waals surface area contributed by atoms with Crippen molar-refractivity contribution in [1.29, 1.82) is 0 Å². The molecule has 1 aromatic heterocycles. The summed E-state index contributed by atoms with van der Waals surface area (Å²) in [4.78, 5) is 24.2. The van der Waals surface area contributed by atoms with Crippen LogP contribution >= 0.6 is 0 Å². The Morgan fingerprint density at radius 3 is 2.87 bits per heavy atom. The molecule has 0 aliphatic rings. The standard InChI is InChI=1S/C9H9N3O3/c1-6-7(2-3-9(10)13)4-8(5-11-6)12(14)15/h2-5H,1H3,(H2,10,13). The van der Waals surface area contributed by atoms with E-state index in [0.717, 1.165) is 12.3 Å². The highest BCUT2D eigenvalue weighted by Crippen LogP contribution is 2.15. The van der Waals surface area contributed by atoms with Crippen LogP contribution in [0.5, 0.6) is 0 Å². The van der Waals surface area contributed by atoms with Crippen molar-refractivity contribution in [3.05, 3.63) is 39.7 Å². The van der Waals surface area contributed by atoms with Gasteiger partial charge >= 0.3 is 0 Å². The van der Waals surface area contributed by atoms with Crippen LogP contribution in [0.2, 0.25) is 0 Å². The summed E-state index contributed by atoms with van der Waals surface area (Å²) in [6.45, 7) is 1.68. The Bertz CT molecular complexity index is 440. The monoisotopic (exact) mass is 207 g/mol. The number of aryl methyl sites for hydroxylation is 1. The predicted molar refractivity (Wildman–Crippen MR) is 53.9 cm³/mol. The topological polar surface area (TPSA) is 99.1 Å². The van der Waals surface area contributed by atoms with Crippen LogP contribution in [0.4, 0.5) is 5.69 Å². The van der Waals surface area contributed by atoms with E-state index in [1.807, 2.05) is 0 Å². The second-order valence-corrected chi connectivity index (χ2v) is 2.86. The zero-order valence-electron chi connectivity index (χ0n) is 8.01. The summed E-state index contributed by atoms with van der Waals surface area (Å²) < 4.78 is 0. The second kappa shape index (κ2) is 4.32. The Labute approximate surface area is 85.6 Å². The second-order valence-electron chi connectivity index (χ2n) is 2.86. The van der Waals surface area contributed by atoms with Gasteiger partial charge in [-0.25, -0.2) is 0 Å². The van der Waals surface area contributed by atoms with Gasteiger partial charge in [-0.3, -0.25) is 19.9 Å². The summed E-state index contributed by atoms with van der Waals surface area (Å²) in [6.07, 6.45) is 3.70. The van der Waals surface area contributed by atoms with Crippen molar-refractivity contribution in [2.45, 2.75) is 6.92 Å². The number of carbonyl (C=O) groups is 1. The maximum Gasteiger partial charge on any atom is 0.288 e. The molecule has 6 nitrogen and oxygen atoms in total. The molecule has 0 fully saturated rings. The molecule has 1 amide bonds. The van der Waals surface area contributed by atoms with E-state index in [1.54, 1.807) is 6.92 Å². The molecule has 0 aliphatic carbocycles. The fourth-order valence-corrected chi connectivity index (χ4v) is 0.979. The van der Waals surface area contributed by atoms with Crippen LogP contribution in [0.1, 0.15) is 11.3 Å². The van der Waals surface area contributed by atoms with Gasteiger partial charge in [-0.2, -0.15) is 0 Å². The van der Waals surface area contributed by atoms with E-state index in [9.17, 15) is 14.9 Å². The molecule has 0 saturated carbocycles. The van der Waals surface area contributed by atoms with Crippen LogP contribution in [0.25, 0.3) is 6.08 Å². The molecule has 15 heavy (non-hydrogen) atoms. The van der Waals surface area contributed by atoms with E-state index in [2.05, 4.69) is 4.98 Å². The van der Waals surface area contributed by atoms with Gasteiger partial charge in [-0.15, -0.1) is 0 Å². The molecule has 2 N–H and O–H groups in total. The van der Waals surface area contributed by atoms with Gasteiger partial charge in [0.1, 0.15) is 6.20 Å². The summed E-state index contributed by atoms with van der Waals surface area (Å²) in [5.74, 6) is -0.610. The van der Waals surface area contributed by atoms with Crippen molar-refractivity contribution in [3.63, 3.8) is 0 Å². The number of aromatic nitrogens is 1. The molecule has 0 aliphatic heterocycles. The summed E-state index contributed by atoms with van der Waals surface area (Å²) in [6, 6.07) is 1.34. The summed E-state index contributed by atoms with van der Waals surface area (Å²) in [5.41, 5.74) is 5.89. The lowest BCUT2D eigenvalue weighted by atomic mass is 10.2. The van der Waals surface area contributed by atoms with Crippen LogP contribution in [0.3, 0.4) is 0 Å². The number of pyridine rings is 1. The Morgan fingerprint density at radius 1 is 1.67 bits per heavy atom. The maximum atomic E-state index is 10.5. The van der Waals surface area contributed by atoms with Gasteiger partial charge in [-0.05, 0) is 13.0 Å². The minimum Gasteiger partial charge on any atom is -0.366 e. The van der Waals surface area contributed by atoms with Gasteiger partial charge in [0.15, 0.2) is 0 Å². The minimum atomic E-state index is -0.610. The fourth-order valence-electron chi connectivity index (χ4n) is 0.979. The number of primary amides is 1. The van der Waals surface area contributed by atoms with Crippen molar-refractivity contribution in [2.75, 3.05) is 0 Å². The molecule has 0 saturated heterocycles. The number of nitrogens with two attached hydrogens (primary N) is 1. The van der Waals surface area contributed by atoms with Crippen LogP contribution in [0, 0.1) is 17.0 Å². The lowest BCUT2D eigenvalue weighted by Crippen LogP contribution is -2.05. The van der Waals surface area contributed by atoms with E-state index in [4.69, 9.17) is 5.73 Å². The van der Waals surface area contributed by atoms with Crippen LogP contribution in [0.15, 0.2) is 18.3 Å². The van der Waals surface area contributed by atoms with Crippen LogP contribution in [-0.4, -0.2) is 15.8 Å². The highest BCUT2D eigenvalue weighted by atomic mass is 16.6. The zero-order valence-corrected chi connectivity index (χ0v) is 8.01. The summed E-state index contributed by atoms with van der Waals surface area (Å²) >= 11 is 0. The van der Waals surface area contributed by atoms with E-state index in [1.165, 1.54) is 12.1 Å². The number of hydrogen-bond acceptors (Lipinski definition) is 4.